The average Bonchev–Trinajstić information content (AvgIpc) is 2.43. The monoisotopic (exact) mass is 306 g/mol. The van der Waals surface area contributed by atoms with Crippen molar-refractivity contribution in [2.45, 2.75) is 26.4 Å². The van der Waals surface area contributed by atoms with Crippen molar-refractivity contribution in [1.29, 1.82) is 0 Å². The average molecular weight is 307 g/mol. The highest BCUT2D eigenvalue weighted by Crippen LogP contribution is 2.28. The molecule has 0 radical (unpaired) electrons. The highest BCUT2D eigenvalue weighted by molar-refractivity contribution is 6.30. The number of benzene rings is 2. The van der Waals surface area contributed by atoms with Gasteiger partial charge in [0.15, 0.2) is 0 Å². The van der Waals surface area contributed by atoms with Gasteiger partial charge in [-0.1, -0.05) is 23.7 Å². The van der Waals surface area contributed by atoms with Crippen LogP contribution in [-0.2, 0) is 6.54 Å². The van der Waals surface area contributed by atoms with Crippen LogP contribution in [-0.4, -0.2) is 7.05 Å². The molecule has 2 N–H and O–H groups in total. The molecule has 0 bridgehead atoms. The van der Waals surface area contributed by atoms with Crippen molar-refractivity contribution in [3.05, 3.63) is 63.9 Å². The van der Waals surface area contributed by atoms with Gasteiger partial charge < -0.3 is 10.6 Å². The van der Waals surface area contributed by atoms with E-state index in [1.54, 1.807) is 6.92 Å². The molecule has 0 fully saturated rings. The van der Waals surface area contributed by atoms with Gasteiger partial charge in [0.2, 0.25) is 0 Å². The van der Waals surface area contributed by atoms with Gasteiger partial charge in [0.05, 0.1) is 0 Å². The summed E-state index contributed by atoms with van der Waals surface area (Å²) < 4.78 is 13.8. The van der Waals surface area contributed by atoms with E-state index in [9.17, 15) is 4.39 Å². The Bertz CT molecular complexity index is 623. The van der Waals surface area contributed by atoms with E-state index in [0.29, 0.717) is 12.1 Å². The first-order valence-corrected chi connectivity index (χ1v) is 7.27. The Morgan fingerprint density at radius 1 is 1.24 bits per heavy atom. The quantitative estimate of drug-likeness (QED) is 0.904. The first-order valence-electron chi connectivity index (χ1n) is 6.89. The van der Waals surface area contributed by atoms with Gasteiger partial charge in [-0.25, -0.2) is 4.39 Å². The van der Waals surface area contributed by atoms with Crippen molar-refractivity contribution in [2.75, 3.05) is 11.9 Å². The number of nitrogens with zero attached hydrogens (tertiary/aromatic N) is 1. The molecule has 2 nitrogen and oxygen atoms in total. The van der Waals surface area contributed by atoms with E-state index in [1.165, 1.54) is 6.07 Å². The molecule has 2 aromatic carbocycles. The van der Waals surface area contributed by atoms with Gasteiger partial charge in [0.1, 0.15) is 5.82 Å². The number of rotatable bonds is 4. The molecule has 0 aromatic heterocycles. The number of nitrogens with two attached hydrogens (primary N) is 1. The number of hydrogen-bond donors (Lipinski definition) is 1. The second-order valence-corrected chi connectivity index (χ2v) is 5.87. The van der Waals surface area contributed by atoms with Gasteiger partial charge in [0.25, 0.3) is 0 Å². The Kier molecular flexibility index (Phi) is 4.86. The molecule has 0 heterocycles. The number of hydrogen-bond acceptors (Lipinski definition) is 2. The summed E-state index contributed by atoms with van der Waals surface area (Å²) in [6, 6.07) is 10.9. The minimum Gasteiger partial charge on any atom is -0.370 e. The number of aryl methyl sites for hydroxylation is 1. The molecule has 1 atom stereocenters. The maximum atomic E-state index is 13.8. The number of halogens is 2. The van der Waals surface area contributed by atoms with Crippen LogP contribution in [0.2, 0.25) is 5.02 Å². The molecule has 0 saturated carbocycles. The minimum atomic E-state index is -0.220. The fourth-order valence-electron chi connectivity index (χ4n) is 2.33. The van der Waals surface area contributed by atoms with Crippen LogP contribution in [0.25, 0.3) is 0 Å². The van der Waals surface area contributed by atoms with Gasteiger partial charge in [0, 0.05) is 30.3 Å². The Hall–Kier alpha value is -1.58. The van der Waals surface area contributed by atoms with Gasteiger partial charge in [-0.3, -0.25) is 0 Å². The summed E-state index contributed by atoms with van der Waals surface area (Å²) in [5.41, 5.74) is 9.51. The van der Waals surface area contributed by atoms with Crippen LogP contribution in [0.15, 0.2) is 36.4 Å². The standard InChI is InChI=1S/C17H20ClFN2/c1-11-8-17(15(12(2)20)9-16(11)19)21(3)10-13-4-6-14(18)7-5-13/h4-9,12H,10,20H2,1-3H3. The molecule has 4 heteroatoms. The van der Waals surface area contributed by atoms with Crippen molar-refractivity contribution in [3.63, 3.8) is 0 Å². The van der Waals surface area contributed by atoms with E-state index in [-0.39, 0.29) is 11.9 Å². The maximum absolute atomic E-state index is 13.8. The maximum Gasteiger partial charge on any atom is 0.126 e. The van der Waals surface area contributed by atoms with Crippen molar-refractivity contribution >= 4 is 17.3 Å². The van der Waals surface area contributed by atoms with Crippen LogP contribution in [0.5, 0.6) is 0 Å². The second-order valence-electron chi connectivity index (χ2n) is 5.43. The fourth-order valence-corrected chi connectivity index (χ4v) is 2.45. The van der Waals surface area contributed by atoms with Crippen molar-refractivity contribution in [3.8, 4) is 0 Å². The molecule has 21 heavy (non-hydrogen) atoms. The Labute approximate surface area is 130 Å². The van der Waals surface area contributed by atoms with E-state index >= 15 is 0 Å². The zero-order valence-electron chi connectivity index (χ0n) is 12.5. The van der Waals surface area contributed by atoms with E-state index in [4.69, 9.17) is 17.3 Å². The summed E-state index contributed by atoms with van der Waals surface area (Å²) in [6.07, 6.45) is 0. The minimum absolute atomic E-state index is 0.217. The summed E-state index contributed by atoms with van der Waals surface area (Å²) in [5, 5.41) is 0.718. The lowest BCUT2D eigenvalue weighted by Crippen LogP contribution is -2.20. The lowest BCUT2D eigenvalue weighted by Gasteiger charge is -2.25. The van der Waals surface area contributed by atoms with Gasteiger partial charge in [-0.05, 0) is 54.8 Å². The molecule has 0 saturated heterocycles. The molecule has 2 aromatic rings. The zero-order chi connectivity index (χ0) is 15.6. The normalized spacial score (nSPS) is 12.3. The topological polar surface area (TPSA) is 29.3 Å². The molecule has 0 aliphatic heterocycles. The first-order chi connectivity index (χ1) is 9.88. The summed E-state index contributed by atoms with van der Waals surface area (Å²) in [4.78, 5) is 2.08. The summed E-state index contributed by atoms with van der Waals surface area (Å²) in [5.74, 6) is -0.217. The van der Waals surface area contributed by atoms with E-state index in [0.717, 1.165) is 21.8 Å². The number of anilines is 1. The highest BCUT2D eigenvalue weighted by atomic mass is 35.5. The first kappa shape index (κ1) is 15.8. The van der Waals surface area contributed by atoms with Crippen LogP contribution in [0.1, 0.15) is 29.7 Å². The molecule has 112 valence electrons. The van der Waals surface area contributed by atoms with Crippen molar-refractivity contribution in [1.82, 2.24) is 0 Å². The third-order valence-corrected chi connectivity index (χ3v) is 3.79. The molecular formula is C17H20ClFN2. The SMILES string of the molecule is Cc1cc(N(C)Cc2ccc(Cl)cc2)c(C(C)N)cc1F. The fraction of sp³-hybridized carbons (Fsp3) is 0.294. The van der Waals surface area contributed by atoms with Crippen LogP contribution in [0.3, 0.4) is 0 Å². The van der Waals surface area contributed by atoms with Gasteiger partial charge in [-0.15, -0.1) is 0 Å². The van der Waals surface area contributed by atoms with Crippen LogP contribution in [0, 0.1) is 12.7 Å². The summed E-state index contributed by atoms with van der Waals surface area (Å²) in [6.45, 7) is 4.34. The lowest BCUT2D eigenvalue weighted by molar-refractivity contribution is 0.612. The van der Waals surface area contributed by atoms with E-state index in [1.807, 2.05) is 44.3 Å². The highest BCUT2D eigenvalue weighted by Gasteiger charge is 2.14. The summed E-state index contributed by atoms with van der Waals surface area (Å²) >= 11 is 5.90. The van der Waals surface area contributed by atoms with Crippen LogP contribution < -0.4 is 10.6 Å². The summed E-state index contributed by atoms with van der Waals surface area (Å²) in [7, 11) is 1.98. The van der Waals surface area contributed by atoms with Gasteiger partial charge >= 0.3 is 0 Å². The third kappa shape index (κ3) is 3.74. The predicted octanol–water partition coefficient (Wildman–Crippen LogP) is 4.44. The molecule has 1 unspecified atom stereocenters. The molecular weight excluding hydrogens is 287 g/mol. The van der Waals surface area contributed by atoms with Crippen LogP contribution >= 0.6 is 11.6 Å². The predicted molar refractivity (Wildman–Crippen MR) is 87.3 cm³/mol. The van der Waals surface area contributed by atoms with Crippen LogP contribution in [0.4, 0.5) is 10.1 Å². The van der Waals surface area contributed by atoms with Crippen molar-refractivity contribution in [2.24, 2.45) is 5.73 Å². The second kappa shape index (κ2) is 6.46. The Morgan fingerprint density at radius 3 is 2.43 bits per heavy atom. The largest absolute Gasteiger partial charge is 0.370 e. The molecule has 2 rings (SSSR count). The van der Waals surface area contributed by atoms with Gasteiger partial charge in [-0.2, -0.15) is 0 Å². The Balaban J connectivity index is 2.31. The molecule has 0 spiro atoms. The Morgan fingerprint density at radius 2 is 1.86 bits per heavy atom. The zero-order valence-corrected chi connectivity index (χ0v) is 13.3. The third-order valence-electron chi connectivity index (χ3n) is 3.54. The van der Waals surface area contributed by atoms with E-state index < -0.39 is 0 Å². The molecule has 0 amide bonds. The van der Waals surface area contributed by atoms with E-state index in [2.05, 4.69) is 4.90 Å². The molecule has 0 aliphatic carbocycles. The lowest BCUT2D eigenvalue weighted by atomic mass is 10.0. The van der Waals surface area contributed by atoms with Crippen molar-refractivity contribution < 1.29 is 4.39 Å². The molecule has 0 aliphatic rings. The smallest absolute Gasteiger partial charge is 0.126 e.